The molecule has 1 aromatic heterocycles. The molecule has 2 aromatic rings. The van der Waals surface area contributed by atoms with Crippen LogP contribution >= 0.6 is 0 Å². The minimum absolute atomic E-state index is 0.456. The van der Waals surface area contributed by atoms with Crippen LogP contribution in [0.3, 0.4) is 0 Å². The largest absolute Gasteiger partial charge is 0.496 e. The molecule has 2 rings (SSSR count). The van der Waals surface area contributed by atoms with Gasteiger partial charge in [-0.1, -0.05) is 0 Å². The maximum Gasteiger partial charge on any atom is 0.397 e. The highest BCUT2D eigenvalue weighted by molar-refractivity contribution is 7.80. The number of benzene rings is 1. The third-order valence-electron chi connectivity index (χ3n) is 2.52. The molecule has 0 fully saturated rings. The molecule has 0 radical (unpaired) electrons. The van der Waals surface area contributed by atoms with Gasteiger partial charge in [-0.15, -0.1) is 0 Å². The lowest BCUT2D eigenvalue weighted by Gasteiger charge is -2.14. The van der Waals surface area contributed by atoms with Crippen LogP contribution in [0.15, 0.2) is 28.9 Å². The van der Waals surface area contributed by atoms with Crippen LogP contribution in [0.1, 0.15) is 18.6 Å². The number of fused-ring (bicyclic) bond motifs is 1. The zero-order chi connectivity index (χ0) is 13.3. The molecule has 1 atom stereocenters. The van der Waals surface area contributed by atoms with E-state index in [4.69, 9.17) is 13.7 Å². The molecule has 1 N–H and O–H groups in total. The predicted molar refractivity (Wildman–Crippen MR) is 63.8 cm³/mol. The van der Waals surface area contributed by atoms with Crippen LogP contribution in [0.5, 0.6) is 5.75 Å². The Labute approximate surface area is 104 Å². The van der Waals surface area contributed by atoms with Gasteiger partial charge in [-0.3, -0.25) is 4.55 Å². The molecule has 1 unspecified atom stereocenters. The number of hydrogen-bond acceptors (Lipinski definition) is 5. The van der Waals surface area contributed by atoms with Crippen molar-refractivity contribution in [2.75, 3.05) is 7.11 Å². The lowest BCUT2D eigenvalue weighted by molar-refractivity contribution is 0.197. The summed E-state index contributed by atoms with van der Waals surface area (Å²) in [5.74, 6) is 0.456. The second-order valence-corrected chi connectivity index (χ2v) is 4.73. The van der Waals surface area contributed by atoms with Gasteiger partial charge in [-0.2, -0.15) is 8.42 Å². The Morgan fingerprint density at radius 1 is 1.33 bits per heavy atom. The van der Waals surface area contributed by atoms with Crippen molar-refractivity contribution in [1.29, 1.82) is 0 Å². The van der Waals surface area contributed by atoms with Gasteiger partial charge in [0.1, 0.15) is 17.4 Å². The van der Waals surface area contributed by atoms with E-state index in [1.165, 1.54) is 20.3 Å². The highest BCUT2D eigenvalue weighted by Crippen LogP contribution is 2.35. The minimum Gasteiger partial charge on any atom is -0.496 e. The molecule has 1 heterocycles. The van der Waals surface area contributed by atoms with Crippen molar-refractivity contribution in [3.8, 4) is 5.75 Å². The molecule has 6 nitrogen and oxygen atoms in total. The van der Waals surface area contributed by atoms with Crippen LogP contribution in [0.2, 0.25) is 0 Å². The third kappa shape index (κ3) is 2.47. The second-order valence-electron chi connectivity index (χ2n) is 3.69. The highest BCUT2D eigenvalue weighted by Gasteiger charge is 2.20. The number of methoxy groups -OCH3 is 1. The third-order valence-corrected chi connectivity index (χ3v) is 3.06. The van der Waals surface area contributed by atoms with E-state index in [0.29, 0.717) is 22.3 Å². The summed E-state index contributed by atoms with van der Waals surface area (Å²) >= 11 is 0. The fourth-order valence-corrected chi connectivity index (χ4v) is 2.28. The second kappa shape index (κ2) is 4.60. The van der Waals surface area contributed by atoms with E-state index in [1.54, 1.807) is 18.2 Å². The molecule has 18 heavy (non-hydrogen) atoms. The van der Waals surface area contributed by atoms with E-state index in [-0.39, 0.29) is 0 Å². The standard InChI is InChI=1S/C11H12O6S/c1-7(17-18(12,13)14)8-3-4-10-9(5-6-16-10)11(8)15-2/h3-7H,1-2H3,(H,12,13,14). The van der Waals surface area contributed by atoms with Crippen molar-refractivity contribution in [3.63, 3.8) is 0 Å². The van der Waals surface area contributed by atoms with E-state index >= 15 is 0 Å². The van der Waals surface area contributed by atoms with E-state index in [9.17, 15) is 8.42 Å². The van der Waals surface area contributed by atoms with Gasteiger partial charge in [-0.05, 0) is 25.1 Å². The lowest BCUT2D eigenvalue weighted by atomic mass is 10.1. The summed E-state index contributed by atoms with van der Waals surface area (Å²) in [7, 11) is -3.05. The van der Waals surface area contributed by atoms with Crippen LogP contribution in [0, 0.1) is 0 Å². The first-order chi connectivity index (χ1) is 8.42. The fraction of sp³-hybridized carbons (Fsp3) is 0.273. The summed E-state index contributed by atoms with van der Waals surface area (Å²) < 4.78 is 45.0. The first-order valence-electron chi connectivity index (χ1n) is 5.12. The smallest absolute Gasteiger partial charge is 0.397 e. The first kappa shape index (κ1) is 12.9. The van der Waals surface area contributed by atoms with Gasteiger partial charge in [0.15, 0.2) is 0 Å². The number of furan rings is 1. The first-order valence-corrected chi connectivity index (χ1v) is 6.48. The maximum atomic E-state index is 10.7. The van der Waals surface area contributed by atoms with Crippen LogP contribution < -0.4 is 4.74 Å². The maximum absolute atomic E-state index is 10.7. The summed E-state index contributed by atoms with van der Waals surface area (Å²) in [5.41, 5.74) is 1.12. The summed E-state index contributed by atoms with van der Waals surface area (Å²) in [6.45, 7) is 1.50. The van der Waals surface area contributed by atoms with Crippen molar-refractivity contribution in [2.24, 2.45) is 0 Å². The van der Waals surface area contributed by atoms with Crippen LogP contribution in [-0.2, 0) is 14.6 Å². The van der Waals surface area contributed by atoms with Gasteiger partial charge in [0.2, 0.25) is 0 Å². The molecule has 0 aliphatic carbocycles. The monoisotopic (exact) mass is 272 g/mol. The van der Waals surface area contributed by atoms with Gasteiger partial charge >= 0.3 is 10.4 Å². The molecular weight excluding hydrogens is 260 g/mol. The van der Waals surface area contributed by atoms with Gasteiger partial charge in [0.05, 0.1) is 18.8 Å². The zero-order valence-electron chi connectivity index (χ0n) is 9.78. The minimum atomic E-state index is -4.52. The van der Waals surface area contributed by atoms with Crippen molar-refractivity contribution in [1.82, 2.24) is 0 Å². The molecule has 0 aliphatic heterocycles. The summed E-state index contributed by atoms with van der Waals surface area (Å²) in [5, 5.41) is 0.709. The van der Waals surface area contributed by atoms with E-state index in [0.717, 1.165) is 0 Å². The number of hydrogen-bond donors (Lipinski definition) is 1. The summed E-state index contributed by atoms with van der Waals surface area (Å²) in [4.78, 5) is 0. The van der Waals surface area contributed by atoms with E-state index in [2.05, 4.69) is 4.18 Å². The summed E-state index contributed by atoms with van der Waals surface area (Å²) in [6, 6.07) is 5.01. The molecule has 0 amide bonds. The van der Waals surface area contributed by atoms with E-state index in [1.807, 2.05) is 0 Å². The predicted octanol–water partition coefficient (Wildman–Crippen LogP) is 2.32. The zero-order valence-corrected chi connectivity index (χ0v) is 10.6. The molecule has 7 heteroatoms. The SMILES string of the molecule is COc1c(C(C)OS(=O)(=O)O)ccc2occc12. The van der Waals surface area contributed by atoms with Crippen molar-refractivity contribution >= 4 is 21.4 Å². The van der Waals surface area contributed by atoms with Crippen LogP contribution in [0.25, 0.3) is 11.0 Å². The van der Waals surface area contributed by atoms with Gasteiger partial charge in [0, 0.05) is 5.56 Å². The number of rotatable bonds is 4. The van der Waals surface area contributed by atoms with Gasteiger partial charge in [0.25, 0.3) is 0 Å². The Kier molecular flexibility index (Phi) is 3.29. The molecule has 0 bridgehead atoms. The molecule has 0 spiro atoms. The Hall–Kier alpha value is -1.57. The van der Waals surface area contributed by atoms with Gasteiger partial charge < -0.3 is 9.15 Å². The average molecular weight is 272 g/mol. The van der Waals surface area contributed by atoms with Crippen LogP contribution in [-0.4, -0.2) is 20.1 Å². The van der Waals surface area contributed by atoms with Crippen molar-refractivity contribution < 1.29 is 26.3 Å². The van der Waals surface area contributed by atoms with Crippen molar-refractivity contribution in [2.45, 2.75) is 13.0 Å². The quantitative estimate of drug-likeness (QED) is 0.859. The normalized spacial score (nSPS) is 13.7. The Balaban J connectivity index is 2.50. The topological polar surface area (TPSA) is 86.0 Å². The van der Waals surface area contributed by atoms with Crippen LogP contribution in [0.4, 0.5) is 0 Å². The lowest BCUT2D eigenvalue weighted by Crippen LogP contribution is -2.09. The molecule has 0 saturated carbocycles. The Bertz CT molecular complexity index is 657. The molecule has 98 valence electrons. The fourth-order valence-electron chi connectivity index (χ4n) is 1.82. The Morgan fingerprint density at radius 3 is 2.67 bits per heavy atom. The Morgan fingerprint density at radius 2 is 2.06 bits per heavy atom. The molecule has 0 saturated heterocycles. The molecule has 0 aliphatic rings. The van der Waals surface area contributed by atoms with Crippen molar-refractivity contribution in [3.05, 3.63) is 30.0 Å². The molecule has 1 aromatic carbocycles. The van der Waals surface area contributed by atoms with Gasteiger partial charge in [-0.25, -0.2) is 4.18 Å². The average Bonchev–Trinajstić information content (AvgIpc) is 2.72. The number of ether oxygens (including phenoxy) is 1. The highest BCUT2D eigenvalue weighted by atomic mass is 32.3. The van der Waals surface area contributed by atoms with E-state index < -0.39 is 16.5 Å². The molecular formula is C11H12O6S. The summed E-state index contributed by atoms with van der Waals surface area (Å²) in [6.07, 6.45) is 0.639.